The number of benzene rings is 1. The van der Waals surface area contributed by atoms with Crippen LogP contribution >= 0.6 is 0 Å². The van der Waals surface area contributed by atoms with Crippen molar-refractivity contribution in [1.82, 2.24) is 14.4 Å². The second-order valence-corrected chi connectivity index (χ2v) is 8.93. The predicted octanol–water partition coefficient (Wildman–Crippen LogP) is 4.81. The summed E-state index contributed by atoms with van der Waals surface area (Å²) in [6, 6.07) is 7.30. The minimum atomic E-state index is -0.351. The third kappa shape index (κ3) is 4.32. The summed E-state index contributed by atoms with van der Waals surface area (Å²) in [4.78, 5) is 20.7. The van der Waals surface area contributed by atoms with Gasteiger partial charge in [0, 0.05) is 23.5 Å². The van der Waals surface area contributed by atoms with Crippen LogP contribution in [0.2, 0.25) is 0 Å². The number of imidazole rings is 1. The summed E-state index contributed by atoms with van der Waals surface area (Å²) in [6.45, 7) is 11.1. The Hall–Kier alpha value is -2.89. The van der Waals surface area contributed by atoms with Gasteiger partial charge in [0.1, 0.15) is 11.5 Å². The smallest absolute Gasteiger partial charge is 0.337 e. The van der Waals surface area contributed by atoms with Gasteiger partial charge in [0.15, 0.2) is 5.65 Å². The maximum absolute atomic E-state index is 11.7. The zero-order valence-electron chi connectivity index (χ0n) is 17.4. The van der Waals surface area contributed by atoms with E-state index in [0.29, 0.717) is 5.56 Å². The van der Waals surface area contributed by atoms with Gasteiger partial charge in [-0.25, -0.2) is 9.78 Å². The highest BCUT2D eigenvalue weighted by molar-refractivity contribution is 5.90. The molecule has 6 heteroatoms. The topological polar surface area (TPSA) is 68.5 Å². The van der Waals surface area contributed by atoms with Crippen LogP contribution in [0.5, 0.6) is 0 Å². The molecule has 3 rings (SSSR count). The number of nitrogens with one attached hydrogen (secondary N) is 1. The zero-order chi connectivity index (χ0) is 20.5. The molecule has 0 aliphatic carbocycles. The van der Waals surface area contributed by atoms with Crippen LogP contribution in [0.4, 0.5) is 5.82 Å². The van der Waals surface area contributed by atoms with Crippen LogP contribution in [-0.2, 0) is 4.74 Å². The first-order chi connectivity index (χ1) is 13.1. The fourth-order valence-electron chi connectivity index (χ4n) is 3.80. The molecule has 0 amide bonds. The van der Waals surface area contributed by atoms with Gasteiger partial charge in [-0.1, -0.05) is 32.9 Å². The molecule has 0 saturated heterocycles. The molecule has 0 aliphatic heterocycles. The van der Waals surface area contributed by atoms with Gasteiger partial charge in [-0.15, -0.1) is 0 Å². The van der Waals surface area contributed by atoms with Crippen molar-refractivity contribution < 1.29 is 9.53 Å². The normalized spacial score (nSPS) is 12.2. The molecule has 28 heavy (non-hydrogen) atoms. The van der Waals surface area contributed by atoms with Crippen molar-refractivity contribution in [2.24, 2.45) is 5.41 Å². The van der Waals surface area contributed by atoms with Gasteiger partial charge in [0.2, 0.25) is 0 Å². The average Bonchev–Trinajstić information content (AvgIpc) is 2.97. The van der Waals surface area contributed by atoms with Crippen LogP contribution in [0.3, 0.4) is 0 Å². The SMILES string of the molecule is COC(=O)c1ccc(-c2nc3cnccn3c2NC(C)(C)CC(C)(C)C)cc1. The first-order valence-electron chi connectivity index (χ1n) is 9.39. The maximum Gasteiger partial charge on any atom is 0.337 e. The lowest BCUT2D eigenvalue weighted by Crippen LogP contribution is -2.36. The van der Waals surface area contributed by atoms with E-state index in [1.54, 1.807) is 24.5 Å². The first kappa shape index (κ1) is 19.9. The number of esters is 1. The Morgan fingerprint density at radius 3 is 2.43 bits per heavy atom. The highest BCUT2D eigenvalue weighted by atomic mass is 16.5. The Bertz CT molecular complexity index is 982. The van der Waals surface area contributed by atoms with Crippen LogP contribution in [0, 0.1) is 5.41 Å². The largest absolute Gasteiger partial charge is 0.465 e. The van der Waals surface area contributed by atoms with Gasteiger partial charge in [-0.05, 0) is 37.8 Å². The Balaban J connectivity index is 2.06. The Kier molecular flexibility index (Phi) is 5.15. The van der Waals surface area contributed by atoms with Gasteiger partial charge < -0.3 is 10.1 Å². The molecule has 0 bridgehead atoms. The van der Waals surface area contributed by atoms with E-state index in [2.05, 4.69) is 44.9 Å². The monoisotopic (exact) mass is 380 g/mol. The molecule has 0 spiro atoms. The van der Waals surface area contributed by atoms with E-state index < -0.39 is 0 Å². The van der Waals surface area contributed by atoms with Crippen molar-refractivity contribution in [1.29, 1.82) is 0 Å². The number of carbonyl (C=O) groups excluding carboxylic acids is 1. The van der Waals surface area contributed by atoms with Crippen molar-refractivity contribution in [3.63, 3.8) is 0 Å². The summed E-state index contributed by atoms with van der Waals surface area (Å²) in [6.07, 6.45) is 6.39. The molecule has 148 valence electrons. The quantitative estimate of drug-likeness (QED) is 0.643. The summed E-state index contributed by atoms with van der Waals surface area (Å²) < 4.78 is 6.80. The zero-order valence-corrected chi connectivity index (χ0v) is 17.4. The van der Waals surface area contributed by atoms with E-state index >= 15 is 0 Å². The fourth-order valence-corrected chi connectivity index (χ4v) is 3.80. The Morgan fingerprint density at radius 2 is 1.82 bits per heavy atom. The number of methoxy groups -OCH3 is 1. The average molecular weight is 380 g/mol. The van der Waals surface area contributed by atoms with Gasteiger partial charge in [-0.3, -0.25) is 9.38 Å². The number of hydrogen-bond donors (Lipinski definition) is 1. The highest BCUT2D eigenvalue weighted by Gasteiger charge is 2.28. The first-order valence-corrected chi connectivity index (χ1v) is 9.39. The molecule has 0 aliphatic rings. The molecule has 2 aromatic heterocycles. The molecular formula is C22H28N4O2. The minimum absolute atomic E-state index is 0.141. The van der Waals surface area contributed by atoms with Crippen molar-refractivity contribution in [2.45, 2.75) is 46.6 Å². The summed E-state index contributed by atoms with van der Waals surface area (Å²) in [7, 11) is 1.38. The van der Waals surface area contributed by atoms with Gasteiger partial charge in [0.05, 0.1) is 18.9 Å². The number of nitrogens with zero attached hydrogens (tertiary/aromatic N) is 3. The summed E-state index contributed by atoms with van der Waals surface area (Å²) in [5.74, 6) is 0.563. The summed E-state index contributed by atoms with van der Waals surface area (Å²) in [5, 5.41) is 3.69. The number of anilines is 1. The lowest BCUT2D eigenvalue weighted by atomic mass is 9.82. The third-order valence-corrected chi connectivity index (χ3v) is 4.44. The van der Waals surface area contributed by atoms with E-state index in [9.17, 15) is 4.79 Å². The molecule has 0 fully saturated rings. The summed E-state index contributed by atoms with van der Waals surface area (Å²) in [5.41, 5.74) is 3.07. The van der Waals surface area contributed by atoms with Gasteiger partial charge in [0.25, 0.3) is 0 Å². The molecule has 0 atom stereocenters. The van der Waals surface area contributed by atoms with E-state index in [-0.39, 0.29) is 16.9 Å². The maximum atomic E-state index is 11.7. The number of hydrogen-bond acceptors (Lipinski definition) is 5. The lowest BCUT2D eigenvalue weighted by molar-refractivity contribution is 0.0600. The second kappa shape index (κ2) is 7.26. The minimum Gasteiger partial charge on any atom is -0.465 e. The number of aromatic nitrogens is 3. The standard InChI is InChI=1S/C22H28N4O2/c1-21(2,3)14-22(4,5)25-19-18(24-17-13-23-11-12-26(17)19)15-7-9-16(10-8-15)20(27)28-6/h7-13,25H,14H2,1-6H3. The Labute approximate surface area is 166 Å². The molecule has 1 aromatic carbocycles. The predicted molar refractivity (Wildman–Crippen MR) is 112 cm³/mol. The van der Waals surface area contributed by atoms with Gasteiger partial charge in [-0.2, -0.15) is 0 Å². The number of ether oxygens (including phenoxy) is 1. The van der Waals surface area contributed by atoms with E-state index in [0.717, 1.165) is 29.1 Å². The molecule has 0 unspecified atom stereocenters. The van der Waals surface area contributed by atoms with E-state index in [4.69, 9.17) is 9.72 Å². The van der Waals surface area contributed by atoms with Crippen LogP contribution < -0.4 is 5.32 Å². The number of fused-ring (bicyclic) bond motifs is 1. The van der Waals surface area contributed by atoms with Crippen LogP contribution in [-0.4, -0.2) is 33.0 Å². The van der Waals surface area contributed by atoms with Crippen molar-refractivity contribution in [3.05, 3.63) is 48.4 Å². The number of rotatable bonds is 5. The lowest BCUT2D eigenvalue weighted by Gasteiger charge is -2.34. The fraction of sp³-hybridized carbons (Fsp3) is 0.409. The van der Waals surface area contributed by atoms with E-state index in [1.165, 1.54) is 7.11 Å². The highest BCUT2D eigenvalue weighted by Crippen LogP contribution is 2.34. The molecule has 2 heterocycles. The van der Waals surface area contributed by atoms with Crippen LogP contribution in [0.1, 0.15) is 51.4 Å². The third-order valence-electron chi connectivity index (χ3n) is 4.44. The van der Waals surface area contributed by atoms with Gasteiger partial charge >= 0.3 is 5.97 Å². The second-order valence-electron chi connectivity index (χ2n) is 8.93. The van der Waals surface area contributed by atoms with Crippen molar-refractivity contribution in [2.75, 3.05) is 12.4 Å². The molecule has 6 nitrogen and oxygen atoms in total. The van der Waals surface area contributed by atoms with Crippen LogP contribution in [0.15, 0.2) is 42.9 Å². The number of carbonyl (C=O) groups is 1. The molecule has 1 N–H and O–H groups in total. The molecule has 3 aromatic rings. The summed E-state index contributed by atoms with van der Waals surface area (Å²) >= 11 is 0. The molecule has 0 radical (unpaired) electrons. The van der Waals surface area contributed by atoms with E-state index in [1.807, 2.05) is 22.7 Å². The van der Waals surface area contributed by atoms with Crippen molar-refractivity contribution >= 4 is 17.4 Å². The Morgan fingerprint density at radius 1 is 1.14 bits per heavy atom. The van der Waals surface area contributed by atoms with Crippen LogP contribution in [0.25, 0.3) is 16.9 Å². The van der Waals surface area contributed by atoms with Crippen molar-refractivity contribution in [3.8, 4) is 11.3 Å². The molecule has 0 saturated carbocycles. The molecular weight excluding hydrogens is 352 g/mol.